The van der Waals surface area contributed by atoms with Gasteiger partial charge in [-0.15, -0.1) is 0 Å². The van der Waals surface area contributed by atoms with E-state index in [2.05, 4.69) is 5.32 Å². The highest BCUT2D eigenvalue weighted by Crippen LogP contribution is 2.24. The Balaban J connectivity index is 2.90. The number of nitro groups is 1. The van der Waals surface area contributed by atoms with Gasteiger partial charge in [-0.2, -0.15) is 0 Å². The van der Waals surface area contributed by atoms with Crippen LogP contribution in [0.25, 0.3) is 0 Å². The van der Waals surface area contributed by atoms with Crippen LogP contribution < -0.4 is 5.32 Å². The number of carbonyl (C=O) groups is 1. The Kier molecular flexibility index (Phi) is 7.26. The zero-order valence-corrected chi connectivity index (χ0v) is 15.0. The first kappa shape index (κ1) is 19.4. The van der Waals surface area contributed by atoms with E-state index in [1.807, 2.05) is 0 Å². The maximum Gasteiger partial charge on any atom is 0.269 e. The minimum Gasteiger partial charge on any atom is -0.386 e. The van der Waals surface area contributed by atoms with Crippen molar-refractivity contribution in [2.75, 3.05) is 6.61 Å². The van der Waals surface area contributed by atoms with Gasteiger partial charge in [0.15, 0.2) is 4.33 Å². The van der Waals surface area contributed by atoms with Crippen molar-refractivity contribution in [2.24, 2.45) is 0 Å². The van der Waals surface area contributed by atoms with Gasteiger partial charge in [-0.1, -0.05) is 23.2 Å². The molecule has 0 saturated carbocycles. The molecule has 0 spiro atoms. The third-order valence-electron chi connectivity index (χ3n) is 2.78. The molecule has 0 aliphatic carbocycles. The number of aliphatic hydroxyl groups excluding tert-OH is 1. The van der Waals surface area contributed by atoms with Gasteiger partial charge in [0.1, 0.15) is 29.1 Å². The van der Waals surface area contributed by atoms with Gasteiger partial charge in [0.05, 0.1) is 17.6 Å². The lowest BCUT2D eigenvalue weighted by atomic mass is 10.0. The standard InChI is InChI=1S/C12H13Cl2IN2O5/c1-12(13,14)11(19)16-9(6-22-15)10(18)7-2-4-8(5-3-7)17(20)21/h2-5,9-10,18H,6H2,1H3,(H,16,19)/t9-,10-/m1/s1. The van der Waals surface area contributed by atoms with E-state index in [0.29, 0.717) is 5.56 Å². The second kappa shape index (κ2) is 8.25. The molecule has 0 radical (unpaired) electrons. The monoisotopic (exact) mass is 462 g/mol. The van der Waals surface area contributed by atoms with Crippen molar-refractivity contribution in [3.63, 3.8) is 0 Å². The van der Waals surface area contributed by atoms with Crippen molar-refractivity contribution in [2.45, 2.75) is 23.4 Å². The van der Waals surface area contributed by atoms with Crippen LogP contribution >= 0.6 is 46.2 Å². The molecule has 0 heterocycles. The summed E-state index contributed by atoms with van der Waals surface area (Å²) in [4.78, 5) is 21.9. The van der Waals surface area contributed by atoms with Crippen LogP contribution in [0.3, 0.4) is 0 Å². The molecule has 0 fully saturated rings. The van der Waals surface area contributed by atoms with E-state index in [0.717, 1.165) is 0 Å². The van der Waals surface area contributed by atoms with Crippen LogP contribution in [-0.2, 0) is 7.86 Å². The van der Waals surface area contributed by atoms with Crippen LogP contribution in [0.2, 0.25) is 0 Å². The number of aliphatic hydroxyl groups is 1. The molecule has 22 heavy (non-hydrogen) atoms. The van der Waals surface area contributed by atoms with Crippen LogP contribution in [0, 0.1) is 10.1 Å². The fourth-order valence-corrected chi connectivity index (χ4v) is 2.10. The third kappa shape index (κ3) is 5.51. The number of halogens is 3. The van der Waals surface area contributed by atoms with Crippen molar-refractivity contribution in [3.8, 4) is 0 Å². The average molecular weight is 463 g/mol. The fraction of sp³-hybridized carbons (Fsp3) is 0.417. The predicted molar refractivity (Wildman–Crippen MR) is 90.1 cm³/mol. The number of rotatable bonds is 7. The Morgan fingerprint density at radius 2 is 2.05 bits per heavy atom. The lowest BCUT2D eigenvalue weighted by molar-refractivity contribution is -0.384. The summed E-state index contributed by atoms with van der Waals surface area (Å²) < 4.78 is 3.27. The number of nitrogens with one attached hydrogen (secondary N) is 1. The summed E-state index contributed by atoms with van der Waals surface area (Å²) in [7, 11) is 0. The highest BCUT2D eigenvalue weighted by atomic mass is 127. The number of benzene rings is 1. The van der Waals surface area contributed by atoms with Gasteiger partial charge in [-0.05, 0) is 24.6 Å². The van der Waals surface area contributed by atoms with Gasteiger partial charge in [-0.3, -0.25) is 14.9 Å². The van der Waals surface area contributed by atoms with Crippen LogP contribution in [0.1, 0.15) is 18.6 Å². The third-order valence-corrected chi connectivity index (χ3v) is 3.49. The Morgan fingerprint density at radius 3 is 2.45 bits per heavy atom. The van der Waals surface area contributed by atoms with Gasteiger partial charge in [-0.25, -0.2) is 0 Å². The Morgan fingerprint density at radius 1 is 1.50 bits per heavy atom. The number of non-ortho nitro benzene ring substituents is 1. The van der Waals surface area contributed by atoms with E-state index in [9.17, 15) is 20.0 Å². The zero-order chi connectivity index (χ0) is 16.9. The highest BCUT2D eigenvalue weighted by Gasteiger charge is 2.32. The molecule has 2 atom stereocenters. The van der Waals surface area contributed by atoms with Gasteiger partial charge in [0.25, 0.3) is 11.6 Å². The molecule has 1 aromatic rings. The molecular formula is C12H13Cl2IN2O5. The van der Waals surface area contributed by atoms with E-state index < -0.39 is 27.3 Å². The van der Waals surface area contributed by atoms with Crippen molar-refractivity contribution in [3.05, 3.63) is 39.9 Å². The summed E-state index contributed by atoms with van der Waals surface area (Å²) in [5, 5.41) is 23.4. The normalized spacial score (nSPS) is 14.2. The molecule has 0 aliphatic rings. The summed E-state index contributed by atoms with van der Waals surface area (Å²) in [5.74, 6) is -0.685. The molecule has 7 nitrogen and oxygen atoms in total. The predicted octanol–water partition coefficient (Wildman–Crippen LogP) is 2.67. The highest BCUT2D eigenvalue weighted by molar-refractivity contribution is 14.1. The van der Waals surface area contributed by atoms with Gasteiger partial charge >= 0.3 is 0 Å². The first-order valence-electron chi connectivity index (χ1n) is 6.01. The first-order valence-corrected chi connectivity index (χ1v) is 7.65. The van der Waals surface area contributed by atoms with E-state index in [4.69, 9.17) is 26.3 Å². The summed E-state index contributed by atoms with van der Waals surface area (Å²) in [5.41, 5.74) is 0.283. The zero-order valence-electron chi connectivity index (χ0n) is 11.3. The van der Waals surface area contributed by atoms with Crippen molar-refractivity contribution in [1.82, 2.24) is 5.32 Å². The second-order valence-electron chi connectivity index (χ2n) is 4.54. The molecular weight excluding hydrogens is 450 g/mol. The van der Waals surface area contributed by atoms with Crippen molar-refractivity contribution >= 4 is 57.8 Å². The van der Waals surface area contributed by atoms with Crippen LogP contribution in [0.15, 0.2) is 24.3 Å². The SMILES string of the molecule is CC(Cl)(Cl)C(=O)N[C@H](COI)[C@H](O)c1ccc([N+](=O)[O-])cc1. The summed E-state index contributed by atoms with van der Waals surface area (Å²) in [6.07, 6.45) is -1.14. The maximum absolute atomic E-state index is 11.8. The number of carbonyl (C=O) groups excluding carboxylic acids is 1. The summed E-state index contributed by atoms with van der Waals surface area (Å²) in [6.45, 7) is 1.29. The number of hydrogen-bond donors (Lipinski definition) is 2. The molecule has 1 rings (SSSR count). The number of hydrogen-bond acceptors (Lipinski definition) is 5. The van der Waals surface area contributed by atoms with E-state index in [1.54, 1.807) is 23.0 Å². The molecule has 10 heteroatoms. The minimum absolute atomic E-state index is 0.00564. The molecule has 0 aliphatic heterocycles. The molecule has 1 amide bonds. The van der Waals surface area contributed by atoms with Crippen LogP contribution in [-0.4, -0.2) is 32.9 Å². The molecule has 0 bridgehead atoms. The lowest BCUT2D eigenvalue weighted by Gasteiger charge is -2.25. The van der Waals surface area contributed by atoms with Gasteiger partial charge < -0.3 is 13.5 Å². The number of alkyl halides is 2. The molecule has 2 N–H and O–H groups in total. The van der Waals surface area contributed by atoms with Crippen LogP contribution in [0.4, 0.5) is 5.69 Å². The van der Waals surface area contributed by atoms with Gasteiger partial charge in [0.2, 0.25) is 0 Å². The molecule has 0 aromatic heterocycles. The first-order chi connectivity index (χ1) is 10.2. The summed E-state index contributed by atoms with van der Waals surface area (Å²) in [6, 6.07) is 4.50. The average Bonchev–Trinajstić information content (AvgIpc) is 2.45. The van der Waals surface area contributed by atoms with Crippen LogP contribution in [0.5, 0.6) is 0 Å². The maximum atomic E-state index is 11.8. The molecule has 1 aromatic carbocycles. The second-order valence-corrected chi connectivity index (χ2v) is 6.87. The quantitative estimate of drug-likeness (QED) is 0.281. The smallest absolute Gasteiger partial charge is 0.269 e. The van der Waals surface area contributed by atoms with Crippen molar-refractivity contribution < 1.29 is 17.9 Å². The summed E-state index contributed by atoms with van der Waals surface area (Å²) >= 11 is 13.0. The molecule has 122 valence electrons. The minimum atomic E-state index is -1.65. The van der Waals surface area contributed by atoms with E-state index >= 15 is 0 Å². The largest absolute Gasteiger partial charge is 0.386 e. The van der Waals surface area contributed by atoms with Crippen molar-refractivity contribution in [1.29, 1.82) is 0 Å². The lowest BCUT2D eigenvalue weighted by Crippen LogP contribution is -2.47. The Hall–Kier alpha value is -0.680. The van der Waals surface area contributed by atoms with E-state index in [1.165, 1.54) is 31.2 Å². The van der Waals surface area contributed by atoms with E-state index in [-0.39, 0.29) is 12.3 Å². The number of amides is 1. The fourth-order valence-electron chi connectivity index (χ4n) is 1.60. The molecule has 0 unspecified atom stereocenters. The Labute approximate surface area is 150 Å². The number of nitrogens with zero attached hydrogens (tertiary/aromatic N) is 1. The topological polar surface area (TPSA) is 102 Å². The van der Waals surface area contributed by atoms with Gasteiger partial charge in [0, 0.05) is 12.1 Å². The number of nitro benzene ring substituents is 1. The Bertz CT molecular complexity index is 535. The molecule has 0 saturated heterocycles.